The monoisotopic (exact) mass is 449 g/mol. The van der Waals surface area contributed by atoms with Gasteiger partial charge >= 0.3 is 5.97 Å². The minimum absolute atomic E-state index is 0.259. The predicted octanol–water partition coefficient (Wildman–Crippen LogP) is 2.90. The second-order valence-electron chi connectivity index (χ2n) is 7.93. The number of anilines is 2. The van der Waals surface area contributed by atoms with Crippen molar-refractivity contribution in [2.75, 3.05) is 36.5 Å². The van der Waals surface area contributed by atoms with E-state index in [0.29, 0.717) is 24.7 Å². The molecule has 1 fully saturated rings. The summed E-state index contributed by atoms with van der Waals surface area (Å²) in [5.74, 6) is -0.425. The average Bonchev–Trinajstić information content (AvgIpc) is 3.17. The predicted molar refractivity (Wildman–Crippen MR) is 124 cm³/mol. The third kappa shape index (κ3) is 5.38. The number of hydrogen-bond donors (Lipinski definition) is 1. The number of morpholine rings is 1. The molecule has 0 radical (unpaired) electrons. The van der Waals surface area contributed by atoms with Crippen molar-refractivity contribution in [2.45, 2.75) is 26.9 Å². The third-order valence-electron chi connectivity index (χ3n) is 5.37. The molecule has 9 nitrogen and oxygen atoms in total. The fourth-order valence-corrected chi connectivity index (χ4v) is 3.60. The van der Waals surface area contributed by atoms with E-state index in [4.69, 9.17) is 9.47 Å². The van der Waals surface area contributed by atoms with Crippen LogP contribution in [0.15, 0.2) is 48.7 Å². The average molecular weight is 450 g/mol. The van der Waals surface area contributed by atoms with E-state index in [9.17, 15) is 9.59 Å². The number of benzene rings is 1. The fraction of sp³-hybridized carbons (Fsp3) is 0.333. The number of carbonyl (C=O) groups is 2. The number of aryl methyl sites for hydroxylation is 2. The van der Waals surface area contributed by atoms with Gasteiger partial charge in [-0.05, 0) is 63.2 Å². The number of amides is 1. The van der Waals surface area contributed by atoms with Gasteiger partial charge in [0.25, 0.3) is 5.91 Å². The van der Waals surface area contributed by atoms with Gasteiger partial charge in [0, 0.05) is 36.4 Å². The van der Waals surface area contributed by atoms with E-state index in [1.165, 1.54) is 13.1 Å². The van der Waals surface area contributed by atoms with Crippen molar-refractivity contribution in [1.29, 1.82) is 0 Å². The second kappa shape index (κ2) is 9.83. The lowest BCUT2D eigenvalue weighted by molar-refractivity contribution is -0.123. The Kier molecular flexibility index (Phi) is 6.69. The van der Waals surface area contributed by atoms with Crippen LogP contribution < -0.4 is 10.2 Å². The standard InChI is InChI=1S/C24H27N5O4/c1-16-14-17(2)29(27-16)22-9-4-19(15-25-22)24(31)33-18(3)23(30)26-20-5-7-21(8-6-20)28-10-12-32-13-11-28/h4-9,14-15,18H,10-13H2,1-3H3,(H,26,30). The largest absolute Gasteiger partial charge is 0.449 e. The molecular weight excluding hydrogens is 422 g/mol. The molecule has 0 aliphatic carbocycles. The Morgan fingerprint density at radius 1 is 1.09 bits per heavy atom. The Bertz CT molecular complexity index is 1120. The van der Waals surface area contributed by atoms with Crippen molar-refractivity contribution in [2.24, 2.45) is 0 Å². The molecule has 33 heavy (non-hydrogen) atoms. The molecule has 9 heteroatoms. The molecule has 1 aliphatic rings. The number of ether oxygens (including phenoxy) is 2. The molecule has 1 aliphatic heterocycles. The third-order valence-corrected chi connectivity index (χ3v) is 5.37. The van der Waals surface area contributed by atoms with Crippen molar-refractivity contribution in [3.8, 4) is 5.82 Å². The molecule has 1 atom stereocenters. The van der Waals surface area contributed by atoms with E-state index >= 15 is 0 Å². The lowest BCUT2D eigenvalue weighted by Crippen LogP contribution is -2.36. The van der Waals surface area contributed by atoms with Crippen LogP contribution in [0.5, 0.6) is 0 Å². The Morgan fingerprint density at radius 2 is 1.82 bits per heavy atom. The van der Waals surface area contributed by atoms with Gasteiger partial charge in [0.05, 0.1) is 24.5 Å². The van der Waals surface area contributed by atoms with Crippen molar-refractivity contribution in [3.05, 3.63) is 65.6 Å². The second-order valence-corrected chi connectivity index (χ2v) is 7.93. The first-order valence-corrected chi connectivity index (χ1v) is 10.8. The van der Waals surface area contributed by atoms with E-state index in [1.807, 2.05) is 44.2 Å². The van der Waals surface area contributed by atoms with Gasteiger partial charge in [-0.2, -0.15) is 5.10 Å². The molecule has 1 unspecified atom stereocenters. The van der Waals surface area contributed by atoms with Gasteiger partial charge < -0.3 is 19.7 Å². The number of aromatic nitrogens is 3. The number of nitrogens with one attached hydrogen (secondary N) is 1. The highest BCUT2D eigenvalue weighted by Crippen LogP contribution is 2.19. The van der Waals surface area contributed by atoms with E-state index in [0.717, 1.165) is 30.2 Å². The zero-order valence-corrected chi connectivity index (χ0v) is 18.9. The van der Waals surface area contributed by atoms with Crippen LogP contribution in [0.3, 0.4) is 0 Å². The summed E-state index contributed by atoms with van der Waals surface area (Å²) in [6.45, 7) is 8.48. The smallest absolute Gasteiger partial charge is 0.340 e. The number of nitrogens with zero attached hydrogens (tertiary/aromatic N) is 4. The highest BCUT2D eigenvalue weighted by molar-refractivity contribution is 5.97. The van der Waals surface area contributed by atoms with Crippen LogP contribution in [-0.4, -0.2) is 59.0 Å². The van der Waals surface area contributed by atoms with Crippen molar-refractivity contribution >= 4 is 23.3 Å². The number of carbonyl (C=O) groups excluding carboxylic acids is 2. The Labute approximate surface area is 192 Å². The summed E-state index contributed by atoms with van der Waals surface area (Å²) in [6.07, 6.45) is 0.454. The molecule has 1 aromatic carbocycles. The number of hydrogen-bond acceptors (Lipinski definition) is 7. The lowest BCUT2D eigenvalue weighted by atomic mass is 10.2. The first-order valence-electron chi connectivity index (χ1n) is 10.8. The van der Waals surface area contributed by atoms with Crippen LogP contribution in [0.1, 0.15) is 28.7 Å². The fourth-order valence-electron chi connectivity index (χ4n) is 3.60. The maximum Gasteiger partial charge on any atom is 0.340 e. The Balaban J connectivity index is 1.32. The quantitative estimate of drug-likeness (QED) is 0.578. The molecule has 0 bridgehead atoms. The Morgan fingerprint density at radius 3 is 2.42 bits per heavy atom. The zero-order chi connectivity index (χ0) is 23.4. The molecule has 2 aromatic heterocycles. The molecule has 1 saturated heterocycles. The van der Waals surface area contributed by atoms with Crippen LogP contribution >= 0.6 is 0 Å². The summed E-state index contributed by atoms with van der Waals surface area (Å²) < 4.78 is 12.4. The minimum atomic E-state index is -0.966. The molecule has 3 aromatic rings. The van der Waals surface area contributed by atoms with Gasteiger partial charge in [0.15, 0.2) is 11.9 Å². The van der Waals surface area contributed by atoms with Gasteiger partial charge in [-0.25, -0.2) is 14.5 Å². The molecule has 172 valence electrons. The van der Waals surface area contributed by atoms with Crippen LogP contribution in [-0.2, 0) is 14.3 Å². The topological polar surface area (TPSA) is 98.6 Å². The SMILES string of the molecule is Cc1cc(C)n(-c2ccc(C(=O)OC(C)C(=O)Nc3ccc(N4CCOCC4)cc3)cn2)n1. The molecule has 1 amide bonds. The molecule has 1 N–H and O–H groups in total. The molecule has 4 rings (SSSR count). The maximum absolute atomic E-state index is 12.5. The number of rotatable bonds is 6. The summed E-state index contributed by atoms with van der Waals surface area (Å²) in [5, 5.41) is 7.16. The zero-order valence-electron chi connectivity index (χ0n) is 18.9. The highest BCUT2D eigenvalue weighted by atomic mass is 16.5. The molecule has 0 spiro atoms. The summed E-state index contributed by atoms with van der Waals surface area (Å²) in [5.41, 5.74) is 3.80. The highest BCUT2D eigenvalue weighted by Gasteiger charge is 2.20. The minimum Gasteiger partial charge on any atom is -0.449 e. The summed E-state index contributed by atoms with van der Waals surface area (Å²) in [7, 11) is 0. The number of pyridine rings is 1. The van der Waals surface area contributed by atoms with E-state index in [2.05, 4.69) is 20.3 Å². The first kappa shape index (κ1) is 22.5. The summed E-state index contributed by atoms with van der Waals surface area (Å²) >= 11 is 0. The van der Waals surface area contributed by atoms with Crippen molar-refractivity contribution in [3.63, 3.8) is 0 Å². The van der Waals surface area contributed by atoms with Crippen LogP contribution in [0.2, 0.25) is 0 Å². The Hall–Kier alpha value is -3.72. The molecule has 3 heterocycles. The number of esters is 1. The van der Waals surface area contributed by atoms with Crippen LogP contribution in [0.4, 0.5) is 11.4 Å². The normalized spacial score (nSPS) is 14.6. The van der Waals surface area contributed by atoms with Crippen molar-refractivity contribution < 1.29 is 19.1 Å². The van der Waals surface area contributed by atoms with E-state index < -0.39 is 18.0 Å². The van der Waals surface area contributed by atoms with E-state index in [-0.39, 0.29) is 5.56 Å². The first-order chi connectivity index (χ1) is 15.9. The molecule has 0 saturated carbocycles. The maximum atomic E-state index is 12.5. The van der Waals surface area contributed by atoms with Gasteiger partial charge in [-0.3, -0.25) is 4.79 Å². The summed E-state index contributed by atoms with van der Waals surface area (Å²) in [4.78, 5) is 31.5. The van der Waals surface area contributed by atoms with Crippen molar-refractivity contribution in [1.82, 2.24) is 14.8 Å². The van der Waals surface area contributed by atoms with E-state index in [1.54, 1.807) is 16.8 Å². The van der Waals surface area contributed by atoms with Gasteiger partial charge in [0.1, 0.15) is 0 Å². The van der Waals surface area contributed by atoms with Gasteiger partial charge in [-0.15, -0.1) is 0 Å². The van der Waals surface area contributed by atoms with Crippen LogP contribution in [0, 0.1) is 13.8 Å². The van der Waals surface area contributed by atoms with Gasteiger partial charge in [0.2, 0.25) is 0 Å². The summed E-state index contributed by atoms with van der Waals surface area (Å²) in [6, 6.07) is 12.8. The lowest BCUT2D eigenvalue weighted by Gasteiger charge is -2.28. The van der Waals surface area contributed by atoms with Crippen LogP contribution in [0.25, 0.3) is 5.82 Å². The van der Waals surface area contributed by atoms with Gasteiger partial charge in [-0.1, -0.05) is 0 Å². The molecular formula is C24H27N5O4.